The first-order chi connectivity index (χ1) is 7.31. The van der Waals surface area contributed by atoms with Crippen molar-refractivity contribution >= 4 is 6.09 Å². The highest BCUT2D eigenvalue weighted by Crippen LogP contribution is 2.25. The van der Waals surface area contributed by atoms with Crippen LogP contribution in [-0.4, -0.2) is 40.7 Å². The first-order valence-corrected chi connectivity index (χ1v) is 5.60. The van der Waals surface area contributed by atoms with Crippen molar-refractivity contribution in [1.82, 2.24) is 5.32 Å². The molecule has 5 heteroatoms. The maximum Gasteiger partial charge on any atom is 0.407 e. The lowest BCUT2D eigenvalue weighted by Gasteiger charge is -2.22. The standard InChI is InChI=1S/C11H21NO4/c1-11(2,3)16-10(15)12-8-4-7(6-13)5-9(8)14/h7-9,13-14H,4-6H2,1-3H3,(H,12,15)/t7-,8+,9+/m0/s1. The molecule has 94 valence electrons. The molecular weight excluding hydrogens is 210 g/mol. The molecule has 1 saturated carbocycles. The van der Waals surface area contributed by atoms with Crippen LogP contribution in [0.2, 0.25) is 0 Å². The van der Waals surface area contributed by atoms with Gasteiger partial charge in [-0.3, -0.25) is 0 Å². The second-order valence-corrected chi connectivity index (χ2v) is 5.34. The Morgan fingerprint density at radius 3 is 2.50 bits per heavy atom. The van der Waals surface area contributed by atoms with Crippen molar-refractivity contribution in [2.45, 2.75) is 51.4 Å². The smallest absolute Gasteiger partial charge is 0.407 e. The van der Waals surface area contributed by atoms with E-state index in [1.54, 1.807) is 20.8 Å². The third kappa shape index (κ3) is 3.98. The van der Waals surface area contributed by atoms with Crippen molar-refractivity contribution in [3.05, 3.63) is 0 Å². The molecule has 1 fully saturated rings. The molecule has 3 N–H and O–H groups in total. The summed E-state index contributed by atoms with van der Waals surface area (Å²) in [5, 5.41) is 21.3. The van der Waals surface area contributed by atoms with E-state index in [9.17, 15) is 9.90 Å². The minimum atomic E-state index is -0.593. The predicted octanol–water partition coefficient (Wildman–Crippen LogP) is 0.643. The van der Waals surface area contributed by atoms with Crippen LogP contribution in [0.1, 0.15) is 33.6 Å². The van der Waals surface area contributed by atoms with Gasteiger partial charge in [0.15, 0.2) is 0 Å². The highest BCUT2D eigenvalue weighted by molar-refractivity contribution is 5.68. The van der Waals surface area contributed by atoms with Gasteiger partial charge in [0, 0.05) is 6.61 Å². The predicted molar refractivity (Wildman–Crippen MR) is 59.0 cm³/mol. The van der Waals surface area contributed by atoms with Gasteiger partial charge in [-0.1, -0.05) is 0 Å². The molecule has 0 aromatic rings. The van der Waals surface area contributed by atoms with E-state index in [0.717, 1.165) is 0 Å². The van der Waals surface area contributed by atoms with E-state index in [0.29, 0.717) is 12.8 Å². The molecule has 0 spiro atoms. The SMILES string of the molecule is CC(C)(C)OC(=O)N[C@@H]1C[C@H](CO)C[C@H]1O. The van der Waals surface area contributed by atoms with Crippen LogP contribution in [0.4, 0.5) is 4.79 Å². The second-order valence-electron chi connectivity index (χ2n) is 5.34. The molecule has 1 aliphatic rings. The molecule has 16 heavy (non-hydrogen) atoms. The number of hydrogen-bond donors (Lipinski definition) is 3. The zero-order valence-electron chi connectivity index (χ0n) is 10.1. The van der Waals surface area contributed by atoms with Crippen LogP contribution in [0, 0.1) is 5.92 Å². The van der Waals surface area contributed by atoms with E-state index in [2.05, 4.69) is 5.32 Å². The van der Waals surface area contributed by atoms with Crippen LogP contribution in [0.3, 0.4) is 0 Å². The number of carbonyl (C=O) groups excluding carboxylic acids is 1. The summed E-state index contributed by atoms with van der Waals surface area (Å²) in [4.78, 5) is 11.4. The molecule has 1 rings (SSSR count). The third-order valence-electron chi connectivity index (χ3n) is 2.59. The van der Waals surface area contributed by atoms with Crippen LogP contribution in [-0.2, 0) is 4.74 Å². The monoisotopic (exact) mass is 231 g/mol. The second kappa shape index (κ2) is 5.01. The fourth-order valence-corrected chi connectivity index (χ4v) is 1.88. The fraction of sp³-hybridized carbons (Fsp3) is 0.909. The molecule has 0 unspecified atom stereocenters. The molecule has 0 bridgehead atoms. The van der Waals surface area contributed by atoms with Crippen molar-refractivity contribution < 1.29 is 19.7 Å². The largest absolute Gasteiger partial charge is 0.444 e. The maximum absolute atomic E-state index is 11.4. The molecule has 1 aliphatic carbocycles. The normalized spacial score (nSPS) is 30.2. The van der Waals surface area contributed by atoms with Gasteiger partial charge < -0.3 is 20.3 Å². The maximum atomic E-state index is 11.4. The van der Waals surface area contributed by atoms with Crippen molar-refractivity contribution in [3.63, 3.8) is 0 Å². The number of rotatable bonds is 2. The van der Waals surface area contributed by atoms with Crippen LogP contribution in [0.25, 0.3) is 0 Å². The van der Waals surface area contributed by atoms with Crippen molar-refractivity contribution in [1.29, 1.82) is 0 Å². The molecule has 0 aromatic heterocycles. The Kier molecular flexibility index (Phi) is 4.15. The van der Waals surface area contributed by atoms with Crippen LogP contribution in [0.15, 0.2) is 0 Å². The Balaban J connectivity index is 2.40. The molecule has 0 aromatic carbocycles. The number of ether oxygens (including phenoxy) is 1. The van der Waals surface area contributed by atoms with Crippen LogP contribution >= 0.6 is 0 Å². The summed E-state index contributed by atoms with van der Waals surface area (Å²) in [6.45, 7) is 5.40. The summed E-state index contributed by atoms with van der Waals surface area (Å²) >= 11 is 0. The van der Waals surface area contributed by atoms with Crippen LogP contribution in [0.5, 0.6) is 0 Å². The number of alkyl carbamates (subject to hydrolysis) is 1. The van der Waals surface area contributed by atoms with Crippen LogP contribution < -0.4 is 5.32 Å². The quantitative estimate of drug-likeness (QED) is 0.651. The van der Waals surface area contributed by atoms with E-state index in [-0.39, 0.29) is 18.6 Å². The van der Waals surface area contributed by atoms with Gasteiger partial charge in [-0.2, -0.15) is 0 Å². The fourth-order valence-electron chi connectivity index (χ4n) is 1.88. The Labute approximate surface area is 95.8 Å². The number of hydrogen-bond acceptors (Lipinski definition) is 4. The average Bonchev–Trinajstić information content (AvgIpc) is 2.44. The first kappa shape index (κ1) is 13.3. The van der Waals surface area contributed by atoms with E-state index in [4.69, 9.17) is 9.84 Å². The molecule has 0 heterocycles. The van der Waals surface area contributed by atoms with Gasteiger partial charge in [-0.05, 0) is 39.5 Å². The van der Waals surface area contributed by atoms with Gasteiger partial charge in [-0.25, -0.2) is 4.79 Å². The molecule has 0 saturated heterocycles. The minimum Gasteiger partial charge on any atom is -0.444 e. The highest BCUT2D eigenvalue weighted by atomic mass is 16.6. The van der Waals surface area contributed by atoms with Gasteiger partial charge in [0.25, 0.3) is 0 Å². The van der Waals surface area contributed by atoms with Gasteiger partial charge >= 0.3 is 6.09 Å². The Bertz CT molecular complexity index is 249. The molecule has 1 amide bonds. The van der Waals surface area contributed by atoms with Crippen molar-refractivity contribution in [2.24, 2.45) is 5.92 Å². The summed E-state index contributed by atoms with van der Waals surface area (Å²) in [5.41, 5.74) is -0.538. The minimum absolute atomic E-state index is 0.0452. The Morgan fingerprint density at radius 1 is 1.44 bits per heavy atom. The first-order valence-electron chi connectivity index (χ1n) is 5.60. The topological polar surface area (TPSA) is 78.8 Å². The van der Waals surface area contributed by atoms with E-state index >= 15 is 0 Å². The lowest BCUT2D eigenvalue weighted by atomic mass is 10.1. The Hall–Kier alpha value is -0.810. The molecule has 0 aliphatic heterocycles. The lowest BCUT2D eigenvalue weighted by molar-refractivity contribution is 0.0450. The summed E-state index contributed by atoms with van der Waals surface area (Å²) in [6, 6.07) is -0.313. The Morgan fingerprint density at radius 2 is 2.06 bits per heavy atom. The van der Waals surface area contributed by atoms with E-state index in [1.807, 2.05) is 0 Å². The molecule has 0 radical (unpaired) electrons. The summed E-state index contributed by atoms with van der Waals surface area (Å²) in [5.74, 6) is 0.0648. The third-order valence-corrected chi connectivity index (χ3v) is 2.59. The molecule has 3 atom stereocenters. The van der Waals surface area contributed by atoms with Crippen molar-refractivity contribution in [3.8, 4) is 0 Å². The highest BCUT2D eigenvalue weighted by Gasteiger charge is 2.34. The number of amides is 1. The lowest BCUT2D eigenvalue weighted by Crippen LogP contribution is -2.42. The zero-order valence-corrected chi connectivity index (χ0v) is 10.1. The van der Waals surface area contributed by atoms with Gasteiger partial charge in [0.1, 0.15) is 5.60 Å². The molecular formula is C11H21NO4. The van der Waals surface area contributed by atoms with Gasteiger partial charge in [0.05, 0.1) is 12.1 Å². The number of aliphatic hydroxyl groups excluding tert-OH is 2. The summed E-state index contributed by atoms with van der Waals surface area (Å²) < 4.78 is 5.09. The van der Waals surface area contributed by atoms with E-state index < -0.39 is 17.8 Å². The number of aliphatic hydroxyl groups is 2. The van der Waals surface area contributed by atoms with E-state index in [1.165, 1.54) is 0 Å². The van der Waals surface area contributed by atoms with Crippen molar-refractivity contribution in [2.75, 3.05) is 6.61 Å². The molecule has 5 nitrogen and oxygen atoms in total. The average molecular weight is 231 g/mol. The van der Waals surface area contributed by atoms with Gasteiger partial charge in [-0.15, -0.1) is 0 Å². The zero-order chi connectivity index (χ0) is 12.3. The summed E-state index contributed by atoms with van der Waals surface area (Å²) in [7, 11) is 0. The number of nitrogens with one attached hydrogen (secondary N) is 1. The summed E-state index contributed by atoms with van der Waals surface area (Å²) in [6.07, 6.45) is 0.00763. The number of carbonyl (C=O) groups is 1. The van der Waals surface area contributed by atoms with Gasteiger partial charge in [0.2, 0.25) is 0 Å².